The number of nitrogens with zero attached hydrogens (tertiary/aromatic N) is 2. The number of hydrogen-bond acceptors (Lipinski definition) is 4. The molecule has 0 bridgehead atoms. The molecule has 0 aliphatic rings. The summed E-state index contributed by atoms with van der Waals surface area (Å²) in [4.78, 5) is 19.8. The van der Waals surface area contributed by atoms with Crippen molar-refractivity contribution < 1.29 is 23.1 Å². The van der Waals surface area contributed by atoms with Gasteiger partial charge in [0.25, 0.3) is 0 Å². The van der Waals surface area contributed by atoms with Gasteiger partial charge in [-0.25, -0.2) is 18.2 Å². The molecule has 27 heavy (non-hydrogen) atoms. The molecule has 0 aliphatic heterocycles. The minimum atomic E-state index is -1.27. The van der Waals surface area contributed by atoms with Gasteiger partial charge in [0.2, 0.25) is 0 Å². The number of hydrogen-bond donors (Lipinski definition) is 1. The van der Waals surface area contributed by atoms with Crippen LogP contribution in [0.3, 0.4) is 0 Å². The van der Waals surface area contributed by atoms with E-state index in [1.807, 2.05) is 13.8 Å². The Bertz CT molecular complexity index is 1030. The van der Waals surface area contributed by atoms with Crippen molar-refractivity contribution in [1.29, 1.82) is 0 Å². The molecule has 2 aromatic heterocycles. The van der Waals surface area contributed by atoms with Gasteiger partial charge in [0.15, 0.2) is 11.6 Å². The lowest BCUT2D eigenvalue weighted by atomic mass is 10.0. The summed E-state index contributed by atoms with van der Waals surface area (Å²) in [6.07, 6.45) is 1.32. The summed E-state index contributed by atoms with van der Waals surface area (Å²) in [7, 11) is 0. The van der Waals surface area contributed by atoms with E-state index in [2.05, 4.69) is 9.97 Å². The van der Waals surface area contributed by atoms with Gasteiger partial charge in [-0.1, -0.05) is 19.9 Å². The maximum Gasteiger partial charge on any atom is 0.307 e. The Hall–Kier alpha value is -2.48. The van der Waals surface area contributed by atoms with Gasteiger partial charge in [0.05, 0.1) is 16.1 Å². The first-order valence-corrected chi connectivity index (χ1v) is 9.30. The standard InChI is InChI=1S/C19H17F3N2O2S/c1-3-13-9(5-10(7-16(25)26)14(4-2)23-13)6-15-24-18-17(22)11(20)8-12(21)19(18)27-15/h5,8H,3-4,6-7H2,1-2H3,(H,25,26). The number of rotatable bonds is 6. The molecule has 3 aromatic rings. The Morgan fingerprint density at radius 2 is 1.70 bits per heavy atom. The fourth-order valence-corrected chi connectivity index (χ4v) is 4.02. The summed E-state index contributed by atoms with van der Waals surface area (Å²) in [5.74, 6) is -4.25. The van der Waals surface area contributed by atoms with E-state index in [-0.39, 0.29) is 23.1 Å². The van der Waals surface area contributed by atoms with Crippen molar-refractivity contribution >= 4 is 27.5 Å². The highest BCUT2D eigenvalue weighted by atomic mass is 32.1. The number of halogens is 3. The monoisotopic (exact) mass is 394 g/mol. The van der Waals surface area contributed by atoms with Crippen molar-refractivity contribution in [2.75, 3.05) is 0 Å². The first-order valence-electron chi connectivity index (χ1n) is 8.49. The number of aromatic nitrogens is 2. The van der Waals surface area contributed by atoms with Gasteiger partial charge in [-0.2, -0.15) is 0 Å². The SMILES string of the molecule is CCc1nc(CC)c(Cc2nc3c(F)c(F)cc(F)c3s2)cc1CC(=O)O. The Labute approximate surface area is 157 Å². The fourth-order valence-electron chi connectivity index (χ4n) is 3.03. The molecule has 2 heterocycles. The number of thiazole rings is 1. The average Bonchev–Trinajstić information content (AvgIpc) is 3.04. The molecule has 0 radical (unpaired) electrons. The molecule has 1 N–H and O–H groups in total. The van der Waals surface area contributed by atoms with Crippen LogP contribution in [0.4, 0.5) is 13.2 Å². The Balaban J connectivity index is 2.06. The predicted molar refractivity (Wildman–Crippen MR) is 96.6 cm³/mol. The second kappa shape index (κ2) is 7.64. The molecule has 0 saturated carbocycles. The van der Waals surface area contributed by atoms with Gasteiger partial charge in [-0.15, -0.1) is 11.3 Å². The molecule has 0 spiro atoms. The highest BCUT2D eigenvalue weighted by Crippen LogP contribution is 2.30. The Morgan fingerprint density at radius 1 is 1.04 bits per heavy atom. The third-order valence-corrected chi connectivity index (χ3v) is 5.34. The number of aliphatic carboxylic acids is 1. The van der Waals surface area contributed by atoms with Crippen LogP contribution in [0.2, 0.25) is 0 Å². The predicted octanol–water partition coefficient (Wildman–Crippen LogP) is 4.45. The number of pyridine rings is 1. The van der Waals surface area contributed by atoms with E-state index in [1.54, 1.807) is 6.07 Å². The van der Waals surface area contributed by atoms with E-state index in [4.69, 9.17) is 5.11 Å². The van der Waals surface area contributed by atoms with Gasteiger partial charge in [-0.05, 0) is 24.0 Å². The molecule has 8 heteroatoms. The molecule has 0 unspecified atom stereocenters. The normalized spacial score (nSPS) is 11.3. The molecule has 0 atom stereocenters. The lowest BCUT2D eigenvalue weighted by Gasteiger charge is -2.12. The number of carboxylic acids is 1. The maximum atomic E-state index is 13.9. The first kappa shape index (κ1) is 19.3. The Morgan fingerprint density at radius 3 is 2.33 bits per heavy atom. The van der Waals surface area contributed by atoms with Crippen LogP contribution in [0, 0.1) is 17.5 Å². The number of carbonyl (C=O) groups is 1. The molecule has 0 amide bonds. The van der Waals surface area contributed by atoms with Crippen LogP contribution < -0.4 is 0 Å². The summed E-state index contributed by atoms with van der Waals surface area (Å²) < 4.78 is 41.2. The Kier molecular flexibility index (Phi) is 5.46. The summed E-state index contributed by atoms with van der Waals surface area (Å²) in [6.45, 7) is 3.83. The fraction of sp³-hybridized carbons (Fsp3) is 0.316. The molecule has 4 nitrogen and oxygen atoms in total. The molecular weight excluding hydrogens is 377 g/mol. The van der Waals surface area contributed by atoms with Crippen molar-refractivity contribution in [3.05, 3.63) is 57.1 Å². The molecule has 0 saturated heterocycles. The third kappa shape index (κ3) is 3.80. The van der Waals surface area contributed by atoms with Crippen molar-refractivity contribution in [3.8, 4) is 0 Å². The second-order valence-electron chi connectivity index (χ2n) is 6.09. The van der Waals surface area contributed by atoms with E-state index in [0.717, 1.165) is 28.3 Å². The number of carboxylic acid groups (broad SMARTS) is 1. The van der Waals surface area contributed by atoms with Gasteiger partial charge >= 0.3 is 5.97 Å². The lowest BCUT2D eigenvalue weighted by Crippen LogP contribution is -2.09. The largest absolute Gasteiger partial charge is 0.481 e. The highest BCUT2D eigenvalue weighted by molar-refractivity contribution is 7.18. The zero-order valence-electron chi connectivity index (χ0n) is 14.8. The van der Waals surface area contributed by atoms with Crippen LogP contribution >= 0.6 is 11.3 Å². The second-order valence-corrected chi connectivity index (χ2v) is 7.18. The first-order chi connectivity index (χ1) is 12.8. The van der Waals surface area contributed by atoms with Crippen molar-refractivity contribution in [3.63, 3.8) is 0 Å². The molecule has 3 rings (SSSR count). The van der Waals surface area contributed by atoms with Crippen LogP contribution in [0.25, 0.3) is 10.2 Å². The zero-order valence-corrected chi connectivity index (χ0v) is 15.6. The van der Waals surface area contributed by atoms with Crippen molar-refractivity contribution in [1.82, 2.24) is 9.97 Å². The number of aryl methyl sites for hydroxylation is 2. The van der Waals surface area contributed by atoms with Gasteiger partial charge < -0.3 is 5.11 Å². The van der Waals surface area contributed by atoms with Crippen molar-refractivity contribution in [2.24, 2.45) is 0 Å². The molecule has 1 aromatic carbocycles. The summed E-state index contributed by atoms with van der Waals surface area (Å²) >= 11 is 0.954. The van der Waals surface area contributed by atoms with E-state index in [9.17, 15) is 18.0 Å². The minimum Gasteiger partial charge on any atom is -0.481 e. The number of benzene rings is 1. The van der Waals surface area contributed by atoms with Gasteiger partial charge in [0, 0.05) is 23.9 Å². The van der Waals surface area contributed by atoms with Gasteiger partial charge in [0.1, 0.15) is 11.3 Å². The zero-order chi connectivity index (χ0) is 19.7. The van der Waals surface area contributed by atoms with E-state index in [0.29, 0.717) is 29.5 Å². The van der Waals surface area contributed by atoms with Gasteiger partial charge in [-0.3, -0.25) is 9.78 Å². The quantitative estimate of drug-likeness (QED) is 0.628. The van der Waals surface area contributed by atoms with Crippen LogP contribution in [-0.2, 0) is 30.5 Å². The number of fused-ring (bicyclic) bond motifs is 1. The molecule has 142 valence electrons. The summed E-state index contributed by atoms with van der Waals surface area (Å²) in [5.41, 5.74) is 2.55. The highest BCUT2D eigenvalue weighted by Gasteiger charge is 2.19. The topological polar surface area (TPSA) is 63.1 Å². The van der Waals surface area contributed by atoms with Crippen molar-refractivity contribution in [2.45, 2.75) is 39.5 Å². The molecule has 0 aliphatic carbocycles. The molecule has 0 fully saturated rings. The molecular formula is C19H17F3N2O2S. The average molecular weight is 394 g/mol. The van der Waals surface area contributed by atoms with E-state index < -0.39 is 23.4 Å². The van der Waals surface area contributed by atoms with Crippen LogP contribution in [0.1, 0.15) is 41.4 Å². The van der Waals surface area contributed by atoms with E-state index in [1.165, 1.54) is 0 Å². The summed E-state index contributed by atoms with van der Waals surface area (Å²) in [5, 5.41) is 9.53. The van der Waals surface area contributed by atoms with E-state index >= 15 is 0 Å². The van der Waals surface area contributed by atoms with Crippen LogP contribution in [-0.4, -0.2) is 21.0 Å². The summed E-state index contributed by atoms with van der Waals surface area (Å²) in [6, 6.07) is 2.29. The lowest BCUT2D eigenvalue weighted by molar-refractivity contribution is -0.136. The maximum absolute atomic E-state index is 13.9. The van der Waals surface area contributed by atoms with Crippen LogP contribution in [0.15, 0.2) is 12.1 Å². The minimum absolute atomic E-state index is 0.0363. The smallest absolute Gasteiger partial charge is 0.307 e. The third-order valence-electron chi connectivity index (χ3n) is 4.27. The van der Waals surface area contributed by atoms with Crippen LogP contribution in [0.5, 0.6) is 0 Å².